The number of allylic oxidation sites excluding steroid dienone is 1. The topological polar surface area (TPSA) is 69.7 Å². The second-order valence-corrected chi connectivity index (χ2v) is 12.7. The van der Waals surface area contributed by atoms with Crippen LogP contribution in [0.2, 0.25) is 0 Å². The van der Waals surface area contributed by atoms with Crippen molar-refractivity contribution in [2.45, 2.75) is 105 Å². The Balaban J connectivity index is 1.46. The molecule has 0 amide bonds. The average molecular weight is 471 g/mol. The quantitative estimate of drug-likeness (QED) is 0.498. The van der Waals surface area contributed by atoms with Gasteiger partial charge in [-0.15, -0.1) is 0 Å². The molecule has 5 unspecified atom stereocenters. The molecule has 3 saturated carbocycles. The van der Waals surface area contributed by atoms with Gasteiger partial charge in [0.05, 0.1) is 5.92 Å². The van der Waals surface area contributed by atoms with Crippen LogP contribution in [0.5, 0.6) is 0 Å². The van der Waals surface area contributed by atoms with Gasteiger partial charge in [-0.1, -0.05) is 33.3 Å². The highest BCUT2D eigenvalue weighted by Gasteiger charge is 2.64. The van der Waals surface area contributed by atoms with Gasteiger partial charge in [0, 0.05) is 19.3 Å². The van der Waals surface area contributed by atoms with E-state index in [0.29, 0.717) is 30.1 Å². The molecular weight excluding hydrogens is 428 g/mol. The fourth-order valence-electron chi connectivity index (χ4n) is 9.36. The lowest BCUT2D eigenvalue weighted by Crippen LogP contribution is -2.58. The van der Waals surface area contributed by atoms with E-state index in [9.17, 15) is 14.4 Å². The number of rotatable bonds is 3. The Morgan fingerprint density at radius 2 is 1.88 bits per heavy atom. The van der Waals surface area contributed by atoms with E-state index in [4.69, 9.17) is 9.47 Å². The molecule has 0 N–H and O–H groups in total. The maximum Gasteiger partial charge on any atom is 0.308 e. The third-order valence-electron chi connectivity index (χ3n) is 11.0. The molecule has 188 valence electrons. The standard InChI is InChI=1S/C29H42O5/c1-16-6-11-24(34-27(16)32)17(2)22-9-10-23-21-8-7-19-14-20(31)12-13-28(19,4)26(21)25(33-18(3)30)15-29(22,23)5/h14,16-17,21-26H,6-13,15H2,1-5H3/t16?,17-,21?,22+,23?,24?,25+,26?,28-,29+/m0/s1. The second kappa shape index (κ2) is 8.48. The number of ketones is 1. The minimum Gasteiger partial charge on any atom is -0.462 e. The summed E-state index contributed by atoms with van der Waals surface area (Å²) < 4.78 is 12.1. The molecule has 5 nitrogen and oxygen atoms in total. The van der Waals surface area contributed by atoms with Gasteiger partial charge in [0.25, 0.3) is 0 Å². The first-order valence-corrected chi connectivity index (χ1v) is 13.7. The Hall–Kier alpha value is -1.65. The van der Waals surface area contributed by atoms with Crippen molar-refractivity contribution in [3.8, 4) is 0 Å². The highest BCUT2D eigenvalue weighted by molar-refractivity contribution is 5.91. The number of esters is 2. The molecule has 34 heavy (non-hydrogen) atoms. The largest absolute Gasteiger partial charge is 0.462 e. The van der Waals surface area contributed by atoms with Gasteiger partial charge >= 0.3 is 11.9 Å². The molecule has 4 aliphatic carbocycles. The van der Waals surface area contributed by atoms with Crippen LogP contribution in [0.3, 0.4) is 0 Å². The summed E-state index contributed by atoms with van der Waals surface area (Å²) >= 11 is 0. The van der Waals surface area contributed by atoms with Crippen LogP contribution in [0.25, 0.3) is 0 Å². The summed E-state index contributed by atoms with van der Waals surface area (Å²) in [4.78, 5) is 36.8. The molecule has 0 spiro atoms. The number of hydrogen-bond acceptors (Lipinski definition) is 5. The highest BCUT2D eigenvalue weighted by Crippen LogP contribution is 2.68. The molecule has 0 radical (unpaired) electrons. The van der Waals surface area contributed by atoms with E-state index in [0.717, 1.165) is 44.9 Å². The molecule has 1 saturated heterocycles. The van der Waals surface area contributed by atoms with Crippen molar-refractivity contribution in [2.24, 2.45) is 46.3 Å². The Labute approximate surface area is 204 Å². The first-order chi connectivity index (χ1) is 16.0. The zero-order chi connectivity index (χ0) is 24.4. The lowest BCUT2D eigenvalue weighted by molar-refractivity contribution is -0.182. The maximum atomic E-state index is 12.3. The van der Waals surface area contributed by atoms with E-state index >= 15 is 0 Å². The summed E-state index contributed by atoms with van der Waals surface area (Å²) in [6.07, 6.45) is 10.4. The van der Waals surface area contributed by atoms with Gasteiger partial charge in [-0.3, -0.25) is 14.4 Å². The van der Waals surface area contributed by atoms with Crippen molar-refractivity contribution in [3.63, 3.8) is 0 Å². The SMILES string of the molecule is CC(=O)O[C@@H]1C[C@@]2(C)C(CC[C@@H]2[C@H](C)C2CCC(C)C(=O)O2)C2CCC3=CC(=O)CC[C@]3(C)C21. The number of carbonyl (C=O) groups is 3. The van der Waals surface area contributed by atoms with E-state index in [1.807, 2.05) is 13.0 Å². The number of cyclic esters (lactones) is 1. The molecule has 1 heterocycles. The van der Waals surface area contributed by atoms with Crippen LogP contribution in [-0.2, 0) is 23.9 Å². The molecule has 4 fully saturated rings. The summed E-state index contributed by atoms with van der Waals surface area (Å²) in [7, 11) is 0. The molecule has 5 aliphatic rings. The Kier molecular flexibility index (Phi) is 6.00. The summed E-state index contributed by atoms with van der Waals surface area (Å²) in [5.74, 6) is 2.16. The molecule has 0 aromatic carbocycles. The van der Waals surface area contributed by atoms with Gasteiger partial charge in [-0.2, -0.15) is 0 Å². The van der Waals surface area contributed by atoms with Crippen molar-refractivity contribution in [1.82, 2.24) is 0 Å². The summed E-state index contributed by atoms with van der Waals surface area (Å²) in [6.45, 7) is 10.6. The molecule has 0 aromatic heterocycles. The van der Waals surface area contributed by atoms with Crippen molar-refractivity contribution in [1.29, 1.82) is 0 Å². The third kappa shape index (κ3) is 3.67. The average Bonchev–Trinajstić information content (AvgIpc) is 3.11. The number of ether oxygens (including phenoxy) is 2. The van der Waals surface area contributed by atoms with E-state index < -0.39 is 0 Å². The predicted octanol–water partition coefficient (Wildman–Crippen LogP) is 5.65. The lowest BCUT2D eigenvalue weighted by atomic mass is 9.45. The van der Waals surface area contributed by atoms with Gasteiger partial charge in [-0.25, -0.2) is 0 Å². The second-order valence-electron chi connectivity index (χ2n) is 12.7. The molecule has 0 bridgehead atoms. The van der Waals surface area contributed by atoms with Gasteiger partial charge in [0.1, 0.15) is 12.2 Å². The van der Waals surface area contributed by atoms with Gasteiger partial charge in [0.15, 0.2) is 5.78 Å². The summed E-state index contributed by atoms with van der Waals surface area (Å²) in [5, 5.41) is 0. The van der Waals surface area contributed by atoms with E-state index in [1.165, 1.54) is 18.9 Å². The number of hydrogen-bond donors (Lipinski definition) is 0. The lowest BCUT2D eigenvalue weighted by Gasteiger charge is -2.60. The monoisotopic (exact) mass is 470 g/mol. The van der Waals surface area contributed by atoms with Crippen molar-refractivity contribution in [2.75, 3.05) is 0 Å². The molecule has 1 aliphatic heterocycles. The first-order valence-electron chi connectivity index (χ1n) is 13.7. The number of fused-ring (bicyclic) bond motifs is 5. The molecule has 5 heteroatoms. The summed E-state index contributed by atoms with van der Waals surface area (Å²) in [6, 6.07) is 0. The van der Waals surface area contributed by atoms with E-state index in [-0.39, 0.29) is 52.6 Å². The van der Waals surface area contributed by atoms with Crippen molar-refractivity contribution < 1.29 is 23.9 Å². The zero-order valence-electron chi connectivity index (χ0n) is 21.6. The Bertz CT molecular complexity index is 906. The fourth-order valence-corrected chi connectivity index (χ4v) is 9.36. The number of carbonyl (C=O) groups excluding carboxylic acids is 3. The zero-order valence-corrected chi connectivity index (χ0v) is 21.6. The van der Waals surface area contributed by atoms with Crippen LogP contribution in [-0.4, -0.2) is 29.9 Å². The Morgan fingerprint density at radius 1 is 1.12 bits per heavy atom. The van der Waals surface area contributed by atoms with E-state index in [2.05, 4.69) is 20.8 Å². The summed E-state index contributed by atoms with van der Waals surface area (Å²) in [5.41, 5.74) is 1.30. The van der Waals surface area contributed by atoms with Crippen LogP contribution in [0.4, 0.5) is 0 Å². The van der Waals surface area contributed by atoms with Crippen LogP contribution in [0, 0.1) is 46.3 Å². The normalized spacial score (nSPS) is 47.0. The van der Waals surface area contributed by atoms with Crippen LogP contribution >= 0.6 is 0 Å². The molecule has 10 atom stereocenters. The van der Waals surface area contributed by atoms with Crippen LogP contribution < -0.4 is 0 Å². The predicted molar refractivity (Wildman–Crippen MR) is 129 cm³/mol. The maximum absolute atomic E-state index is 12.3. The molecule has 5 rings (SSSR count). The minimum absolute atomic E-state index is 0.00283. The highest BCUT2D eigenvalue weighted by atomic mass is 16.5. The Morgan fingerprint density at radius 3 is 2.59 bits per heavy atom. The first kappa shape index (κ1) is 24.1. The van der Waals surface area contributed by atoms with Crippen molar-refractivity contribution >= 4 is 17.7 Å². The van der Waals surface area contributed by atoms with E-state index in [1.54, 1.807) is 0 Å². The fraction of sp³-hybridized carbons (Fsp3) is 0.828. The minimum atomic E-state index is -0.199. The molecular formula is C29H42O5. The smallest absolute Gasteiger partial charge is 0.308 e. The van der Waals surface area contributed by atoms with Crippen LogP contribution in [0.1, 0.15) is 92.4 Å². The molecule has 0 aromatic rings. The van der Waals surface area contributed by atoms with Crippen LogP contribution in [0.15, 0.2) is 11.6 Å². The van der Waals surface area contributed by atoms with Crippen molar-refractivity contribution in [3.05, 3.63) is 11.6 Å². The third-order valence-corrected chi connectivity index (χ3v) is 11.0. The van der Waals surface area contributed by atoms with Gasteiger partial charge < -0.3 is 9.47 Å². The van der Waals surface area contributed by atoms with Gasteiger partial charge in [-0.05, 0) is 91.9 Å². The van der Waals surface area contributed by atoms with Gasteiger partial charge in [0.2, 0.25) is 0 Å².